The minimum atomic E-state index is -0.432. The molecule has 0 saturated heterocycles. The summed E-state index contributed by atoms with van der Waals surface area (Å²) >= 11 is 0. The smallest absolute Gasteiger partial charge is 0.311 e. The number of quaternary nitrogens is 1. The molecule has 0 atom stereocenters. The Morgan fingerprint density at radius 3 is 2.73 bits per heavy atom. The van der Waals surface area contributed by atoms with Gasteiger partial charge >= 0.3 is 5.69 Å². The van der Waals surface area contributed by atoms with Crippen molar-refractivity contribution in [1.82, 2.24) is 0 Å². The molecule has 0 fully saturated rings. The highest BCUT2D eigenvalue weighted by molar-refractivity contribution is 5.48. The highest BCUT2D eigenvalue weighted by Crippen LogP contribution is 2.27. The molecule has 7 heteroatoms. The van der Waals surface area contributed by atoms with Crippen LogP contribution in [0.1, 0.15) is 12.0 Å². The first-order chi connectivity index (χ1) is 10.6. The normalized spacial score (nSPS) is 10.6. The molecule has 0 saturated carbocycles. The average Bonchev–Trinajstić information content (AvgIpc) is 2.50. The van der Waals surface area contributed by atoms with Gasteiger partial charge in [-0.2, -0.15) is 0 Å². The maximum atomic E-state index is 10.9. The van der Waals surface area contributed by atoms with E-state index in [-0.39, 0.29) is 11.4 Å². The lowest BCUT2D eigenvalue weighted by molar-refractivity contribution is -0.656. The van der Waals surface area contributed by atoms with Gasteiger partial charge in [0, 0.05) is 19.6 Å². The molecular weight excluding hydrogens is 288 g/mol. The molecule has 0 aliphatic heterocycles. The number of hydrogen-bond acceptors (Lipinski definition) is 5. The lowest BCUT2D eigenvalue weighted by atomic mass is 10.2. The minimum Gasteiger partial charge on any atom is -0.484 e. The Labute approximate surface area is 130 Å². The van der Waals surface area contributed by atoms with Crippen molar-refractivity contribution in [3.8, 4) is 5.75 Å². The maximum absolute atomic E-state index is 10.9. The number of methoxy groups -OCH3 is 1. The molecule has 124 valence electrons. The zero-order valence-corrected chi connectivity index (χ0v) is 13.2. The van der Waals surface area contributed by atoms with Crippen molar-refractivity contribution in [3.63, 3.8) is 0 Å². The van der Waals surface area contributed by atoms with Crippen LogP contribution in [-0.2, 0) is 9.47 Å². The highest BCUT2D eigenvalue weighted by Gasteiger charge is 2.14. The Bertz CT molecular complexity index is 454. The monoisotopic (exact) mass is 313 g/mol. The quantitative estimate of drug-likeness (QED) is 0.352. The number of ether oxygens (including phenoxy) is 3. The number of nitrogens with two attached hydrogens (primary N) is 1. The second-order valence-electron chi connectivity index (χ2n) is 4.90. The molecule has 1 aromatic carbocycles. The van der Waals surface area contributed by atoms with Gasteiger partial charge < -0.3 is 19.5 Å². The zero-order valence-electron chi connectivity index (χ0n) is 13.2. The topological polar surface area (TPSA) is 87.4 Å². The van der Waals surface area contributed by atoms with Crippen molar-refractivity contribution >= 4 is 5.69 Å². The summed E-state index contributed by atoms with van der Waals surface area (Å²) in [6.45, 7) is 5.83. The van der Waals surface area contributed by atoms with Gasteiger partial charge in [-0.15, -0.1) is 0 Å². The molecule has 1 aromatic rings. The molecule has 2 N–H and O–H groups in total. The van der Waals surface area contributed by atoms with Gasteiger partial charge in [-0.3, -0.25) is 10.1 Å². The van der Waals surface area contributed by atoms with E-state index in [2.05, 4.69) is 5.32 Å². The van der Waals surface area contributed by atoms with Gasteiger partial charge in [0.2, 0.25) is 0 Å². The summed E-state index contributed by atoms with van der Waals surface area (Å²) in [6.07, 6.45) is 1.02. The fraction of sp³-hybridized carbons (Fsp3) is 0.600. The molecule has 0 bridgehead atoms. The van der Waals surface area contributed by atoms with E-state index in [1.54, 1.807) is 19.2 Å². The van der Waals surface area contributed by atoms with Gasteiger partial charge in [-0.05, 0) is 18.6 Å². The van der Waals surface area contributed by atoms with E-state index < -0.39 is 4.92 Å². The number of aryl methyl sites for hydroxylation is 1. The minimum absolute atomic E-state index is 0.00789. The van der Waals surface area contributed by atoms with Crippen molar-refractivity contribution < 1.29 is 24.5 Å². The van der Waals surface area contributed by atoms with Gasteiger partial charge in [0.15, 0.2) is 5.75 Å². The molecule has 0 spiro atoms. The van der Waals surface area contributed by atoms with E-state index in [1.807, 2.05) is 6.92 Å². The van der Waals surface area contributed by atoms with Crippen molar-refractivity contribution in [2.75, 3.05) is 46.6 Å². The van der Waals surface area contributed by atoms with Crippen LogP contribution in [-0.4, -0.2) is 51.6 Å². The molecule has 0 heterocycles. The van der Waals surface area contributed by atoms with Crippen molar-refractivity contribution in [3.05, 3.63) is 33.9 Å². The molecule has 1 rings (SSSR count). The van der Waals surface area contributed by atoms with Crippen molar-refractivity contribution in [2.24, 2.45) is 0 Å². The SMILES string of the molecule is COCCC[NH2+]CCOCCOc1ccc(C)cc1[N+](=O)[O-]. The summed E-state index contributed by atoms with van der Waals surface area (Å²) in [5.74, 6) is 0.283. The molecule has 0 radical (unpaired) electrons. The maximum Gasteiger partial charge on any atom is 0.311 e. The number of rotatable bonds is 12. The van der Waals surface area contributed by atoms with E-state index in [1.165, 1.54) is 6.07 Å². The van der Waals surface area contributed by atoms with E-state index in [4.69, 9.17) is 14.2 Å². The van der Waals surface area contributed by atoms with Crippen LogP contribution in [0, 0.1) is 17.0 Å². The molecule has 22 heavy (non-hydrogen) atoms. The number of nitrogens with zero attached hydrogens (tertiary/aromatic N) is 1. The summed E-state index contributed by atoms with van der Waals surface area (Å²) < 4.78 is 15.8. The van der Waals surface area contributed by atoms with Crippen LogP contribution in [0.25, 0.3) is 0 Å². The van der Waals surface area contributed by atoms with E-state index in [0.29, 0.717) is 19.8 Å². The number of hydrogen-bond donors (Lipinski definition) is 1. The molecule has 7 nitrogen and oxygen atoms in total. The third-order valence-corrected chi connectivity index (χ3v) is 3.02. The summed E-state index contributed by atoms with van der Waals surface area (Å²) in [4.78, 5) is 10.5. The molecule has 0 unspecified atom stereocenters. The second-order valence-corrected chi connectivity index (χ2v) is 4.90. The van der Waals surface area contributed by atoms with Gasteiger partial charge in [0.25, 0.3) is 0 Å². The van der Waals surface area contributed by atoms with Gasteiger partial charge in [0.05, 0.1) is 37.8 Å². The lowest BCUT2D eigenvalue weighted by Gasteiger charge is -2.08. The van der Waals surface area contributed by atoms with E-state index >= 15 is 0 Å². The number of nitro groups is 1. The van der Waals surface area contributed by atoms with Gasteiger partial charge in [0.1, 0.15) is 6.61 Å². The first-order valence-corrected chi connectivity index (χ1v) is 7.41. The van der Waals surface area contributed by atoms with Gasteiger partial charge in [-0.1, -0.05) is 6.07 Å². The summed E-state index contributed by atoms with van der Waals surface area (Å²) in [5.41, 5.74) is 0.825. The van der Waals surface area contributed by atoms with E-state index in [9.17, 15) is 10.1 Å². The third-order valence-electron chi connectivity index (χ3n) is 3.02. The molecule has 0 amide bonds. The Kier molecular flexibility index (Phi) is 9.13. The lowest BCUT2D eigenvalue weighted by Crippen LogP contribution is -2.85. The van der Waals surface area contributed by atoms with Crippen LogP contribution in [0.4, 0.5) is 5.69 Å². The highest BCUT2D eigenvalue weighted by atomic mass is 16.6. The first-order valence-electron chi connectivity index (χ1n) is 7.41. The van der Waals surface area contributed by atoms with Crippen LogP contribution in [0.15, 0.2) is 18.2 Å². The van der Waals surface area contributed by atoms with Crippen LogP contribution < -0.4 is 10.1 Å². The average molecular weight is 313 g/mol. The first kappa shape index (κ1) is 18.3. The molecule has 0 aliphatic rings. The van der Waals surface area contributed by atoms with Crippen LogP contribution >= 0.6 is 0 Å². The predicted octanol–water partition coefficient (Wildman–Crippen LogP) is 0.899. The Morgan fingerprint density at radius 1 is 1.18 bits per heavy atom. The van der Waals surface area contributed by atoms with E-state index in [0.717, 1.165) is 31.7 Å². The number of nitro benzene ring substituents is 1. The fourth-order valence-electron chi connectivity index (χ4n) is 1.89. The number of benzene rings is 1. The van der Waals surface area contributed by atoms with Crippen LogP contribution in [0.5, 0.6) is 5.75 Å². The molecular formula is C15H25N2O5+. The predicted molar refractivity (Wildman–Crippen MR) is 82.3 cm³/mol. The molecule has 0 aromatic heterocycles. The fourth-order valence-corrected chi connectivity index (χ4v) is 1.89. The zero-order chi connectivity index (χ0) is 16.2. The molecule has 0 aliphatic carbocycles. The van der Waals surface area contributed by atoms with Crippen molar-refractivity contribution in [1.29, 1.82) is 0 Å². The van der Waals surface area contributed by atoms with Crippen molar-refractivity contribution in [2.45, 2.75) is 13.3 Å². The summed E-state index contributed by atoms with van der Waals surface area (Å²) in [5, 5.41) is 13.1. The summed E-state index contributed by atoms with van der Waals surface area (Å²) in [7, 11) is 1.70. The van der Waals surface area contributed by atoms with Crippen LogP contribution in [0.2, 0.25) is 0 Å². The standard InChI is InChI=1S/C15H24N2O5/c1-13-4-5-15(14(12-13)17(18)19)22-11-10-21-9-7-16-6-3-8-20-2/h4-5,12,16H,3,6-11H2,1-2H3/p+1. The Hall–Kier alpha value is -1.70. The summed E-state index contributed by atoms with van der Waals surface area (Å²) in [6, 6.07) is 4.92. The van der Waals surface area contributed by atoms with Gasteiger partial charge in [-0.25, -0.2) is 0 Å². The largest absolute Gasteiger partial charge is 0.484 e. The third kappa shape index (κ3) is 7.35. The Balaban J connectivity index is 2.14. The second kappa shape index (κ2) is 10.9. The van der Waals surface area contributed by atoms with Crippen LogP contribution in [0.3, 0.4) is 0 Å². The Morgan fingerprint density at radius 2 is 2.00 bits per heavy atom.